The van der Waals surface area contributed by atoms with Crippen LogP contribution in [0.3, 0.4) is 0 Å². The van der Waals surface area contributed by atoms with Crippen LogP contribution in [0.15, 0.2) is 46.6 Å². The molecule has 0 aliphatic rings. The fraction of sp³-hybridized carbons (Fsp3) is 0.167. The van der Waals surface area contributed by atoms with Crippen LogP contribution in [0, 0.1) is 10.1 Å². The van der Waals surface area contributed by atoms with Crippen molar-refractivity contribution in [2.75, 3.05) is 11.9 Å². The van der Waals surface area contributed by atoms with Gasteiger partial charge in [0, 0.05) is 29.9 Å². The van der Waals surface area contributed by atoms with Gasteiger partial charge in [-0.15, -0.1) is 0 Å². The monoisotopic (exact) mass is 276 g/mol. The van der Waals surface area contributed by atoms with Crippen LogP contribution in [0.5, 0.6) is 0 Å². The van der Waals surface area contributed by atoms with Crippen molar-refractivity contribution in [3.63, 3.8) is 0 Å². The molecule has 1 N–H and O–H groups in total. The van der Waals surface area contributed by atoms with Crippen molar-refractivity contribution in [2.24, 2.45) is 0 Å². The smallest absolute Gasteiger partial charge is 0.275 e. The van der Waals surface area contributed by atoms with Crippen LogP contribution >= 0.6 is 11.8 Å². The van der Waals surface area contributed by atoms with Gasteiger partial charge in [0.2, 0.25) is 0 Å². The summed E-state index contributed by atoms with van der Waals surface area (Å²) in [6.45, 7) is 2.57. The Morgan fingerprint density at radius 2 is 2.11 bits per heavy atom. The summed E-state index contributed by atoms with van der Waals surface area (Å²) in [4.78, 5) is 19.7. The standard InChI is InChI=1S/C12H12N4O2S/c1-2-14-11-7-9(16(17)18)8-12(15-11)19-10-3-5-13-6-4-10/h3-8H,2H2,1H3,(H,14,15). The van der Waals surface area contributed by atoms with E-state index < -0.39 is 4.92 Å². The molecule has 0 aliphatic carbocycles. The quantitative estimate of drug-likeness (QED) is 0.668. The zero-order valence-corrected chi connectivity index (χ0v) is 11.1. The van der Waals surface area contributed by atoms with Crippen LogP contribution in [-0.4, -0.2) is 21.4 Å². The van der Waals surface area contributed by atoms with Crippen LogP contribution in [-0.2, 0) is 0 Å². The van der Waals surface area contributed by atoms with E-state index in [0.29, 0.717) is 17.4 Å². The molecule has 0 saturated heterocycles. The summed E-state index contributed by atoms with van der Waals surface area (Å²) >= 11 is 1.36. The molecule has 0 radical (unpaired) electrons. The maximum Gasteiger partial charge on any atom is 0.275 e. The van der Waals surface area contributed by atoms with Gasteiger partial charge < -0.3 is 5.32 Å². The van der Waals surface area contributed by atoms with Gasteiger partial charge >= 0.3 is 0 Å². The number of nitrogens with one attached hydrogen (secondary N) is 1. The first kappa shape index (κ1) is 13.3. The third-order valence-electron chi connectivity index (χ3n) is 2.23. The van der Waals surface area contributed by atoms with Gasteiger partial charge in [0.25, 0.3) is 5.69 Å². The van der Waals surface area contributed by atoms with Crippen LogP contribution in [0.1, 0.15) is 6.92 Å². The maximum absolute atomic E-state index is 10.9. The molecule has 0 aromatic carbocycles. The van der Waals surface area contributed by atoms with Gasteiger partial charge in [-0.3, -0.25) is 15.1 Å². The van der Waals surface area contributed by atoms with Crippen LogP contribution in [0.25, 0.3) is 0 Å². The second-order valence-electron chi connectivity index (χ2n) is 3.62. The predicted molar refractivity (Wildman–Crippen MR) is 73.4 cm³/mol. The van der Waals surface area contributed by atoms with Crippen molar-refractivity contribution in [3.05, 3.63) is 46.8 Å². The van der Waals surface area contributed by atoms with E-state index in [1.807, 2.05) is 19.1 Å². The fourth-order valence-corrected chi connectivity index (χ4v) is 2.27. The molecule has 0 amide bonds. The molecule has 98 valence electrons. The lowest BCUT2D eigenvalue weighted by Crippen LogP contribution is -2.01. The molecule has 19 heavy (non-hydrogen) atoms. The second-order valence-corrected chi connectivity index (χ2v) is 4.72. The number of hydrogen-bond acceptors (Lipinski definition) is 6. The third-order valence-corrected chi connectivity index (χ3v) is 3.15. The Labute approximate surface area is 114 Å². The number of pyridine rings is 2. The molecule has 6 nitrogen and oxygen atoms in total. The molecule has 2 aromatic heterocycles. The molecule has 2 aromatic rings. The van der Waals surface area contributed by atoms with Gasteiger partial charge in [0.1, 0.15) is 10.8 Å². The lowest BCUT2D eigenvalue weighted by molar-refractivity contribution is -0.385. The van der Waals surface area contributed by atoms with Crippen molar-refractivity contribution in [1.82, 2.24) is 9.97 Å². The van der Waals surface area contributed by atoms with E-state index in [4.69, 9.17) is 0 Å². The highest BCUT2D eigenvalue weighted by Crippen LogP contribution is 2.29. The summed E-state index contributed by atoms with van der Waals surface area (Å²) < 4.78 is 0. The molecule has 0 atom stereocenters. The van der Waals surface area contributed by atoms with E-state index in [2.05, 4.69) is 15.3 Å². The van der Waals surface area contributed by atoms with Gasteiger partial charge in [-0.25, -0.2) is 4.98 Å². The Bertz CT molecular complexity index is 577. The Morgan fingerprint density at radius 3 is 2.74 bits per heavy atom. The normalized spacial score (nSPS) is 10.2. The first-order valence-electron chi connectivity index (χ1n) is 5.67. The first-order chi connectivity index (χ1) is 9.19. The SMILES string of the molecule is CCNc1cc([N+](=O)[O-])cc(Sc2ccncc2)n1. The highest BCUT2D eigenvalue weighted by molar-refractivity contribution is 7.99. The molecule has 0 saturated carbocycles. The average Bonchev–Trinajstić information content (AvgIpc) is 2.40. The van der Waals surface area contributed by atoms with Crippen LogP contribution in [0.4, 0.5) is 11.5 Å². The summed E-state index contributed by atoms with van der Waals surface area (Å²) in [6.07, 6.45) is 3.34. The molecule has 0 spiro atoms. The van der Waals surface area contributed by atoms with Gasteiger partial charge in [-0.2, -0.15) is 0 Å². The summed E-state index contributed by atoms with van der Waals surface area (Å²) in [7, 11) is 0. The summed E-state index contributed by atoms with van der Waals surface area (Å²) in [5.41, 5.74) is 0.0301. The molecular weight excluding hydrogens is 264 g/mol. The lowest BCUT2D eigenvalue weighted by atomic mass is 10.4. The Hall–Kier alpha value is -2.15. The minimum Gasteiger partial charge on any atom is -0.370 e. The summed E-state index contributed by atoms with van der Waals surface area (Å²) in [5, 5.41) is 14.5. The van der Waals surface area contributed by atoms with Crippen LogP contribution < -0.4 is 5.32 Å². The molecular formula is C12H12N4O2S. The Morgan fingerprint density at radius 1 is 1.37 bits per heavy atom. The number of nitrogens with zero attached hydrogens (tertiary/aromatic N) is 3. The maximum atomic E-state index is 10.9. The topological polar surface area (TPSA) is 81.0 Å². The molecule has 0 unspecified atom stereocenters. The van der Waals surface area contributed by atoms with Gasteiger partial charge in [-0.1, -0.05) is 11.8 Å². The molecule has 7 heteroatoms. The average molecular weight is 276 g/mol. The number of anilines is 1. The second kappa shape index (κ2) is 6.14. The van der Waals surface area contributed by atoms with E-state index in [1.165, 1.54) is 23.9 Å². The minimum absolute atomic E-state index is 0.0301. The van der Waals surface area contributed by atoms with Gasteiger partial charge in [0.15, 0.2) is 0 Å². The molecule has 2 heterocycles. The van der Waals surface area contributed by atoms with Crippen LogP contribution in [0.2, 0.25) is 0 Å². The third kappa shape index (κ3) is 3.65. The number of rotatable bonds is 5. The molecule has 0 fully saturated rings. The van der Waals surface area contributed by atoms with E-state index in [0.717, 1.165) is 4.90 Å². The number of hydrogen-bond donors (Lipinski definition) is 1. The molecule has 0 aliphatic heterocycles. The zero-order chi connectivity index (χ0) is 13.7. The van der Waals surface area contributed by atoms with Crippen molar-refractivity contribution >= 4 is 23.3 Å². The largest absolute Gasteiger partial charge is 0.370 e. The minimum atomic E-state index is -0.418. The van der Waals surface area contributed by atoms with Gasteiger partial charge in [0.05, 0.1) is 11.0 Å². The van der Waals surface area contributed by atoms with E-state index >= 15 is 0 Å². The number of aromatic nitrogens is 2. The molecule has 0 bridgehead atoms. The molecule has 2 rings (SSSR count). The van der Waals surface area contributed by atoms with E-state index in [-0.39, 0.29) is 5.69 Å². The first-order valence-corrected chi connectivity index (χ1v) is 6.49. The van der Waals surface area contributed by atoms with E-state index in [1.54, 1.807) is 12.4 Å². The highest BCUT2D eigenvalue weighted by atomic mass is 32.2. The van der Waals surface area contributed by atoms with Gasteiger partial charge in [-0.05, 0) is 19.1 Å². The lowest BCUT2D eigenvalue weighted by Gasteiger charge is -2.05. The fourth-order valence-electron chi connectivity index (χ4n) is 1.45. The summed E-state index contributed by atoms with van der Waals surface area (Å²) in [5.74, 6) is 0.508. The highest BCUT2D eigenvalue weighted by Gasteiger charge is 2.11. The van der Waals surface area contributed by atoms with Crippen molar-refractivity contribution in [2.45, 2.75) is 16.8 Å². The zero-order valence-electron chi connectivity index (χ0n) is 10.2. The van der Waals surface area contributed by atoms with Crippen molar-refractivity contribution in [3.8, 4) is 0 Å². The Kier molecular flexibility index (Phi) is 4.30. The summed E-state index contributed by atoms with van der Waals surface area (Å²) in [6, 6.07) is 6.56. The predicted octanol–water partition coefficient (Wildman–Crippen LogP) is 2.97. The number of nitro groups is 1. The Balaban J connectivity index is 2.31. The van der Waals surface area contributed by atoms with Crippen molar-refractivity contribution < 1.29 is 4.92 Å². The van der Waals surface area contributed by atoms with E-state index in [9.17, 15) is 10.1 Å². The van der Waals surface area contributed by atoms with Crippen molar-refractivity contribution in [1.29, 1.82) is 0 Å².